The van der Waals surface area contributed by atoms with Crippen molar-refractivity contribution in [3.05, 3.63) is 11.6 Å². The molecule has 186 valence electrons. The molecule has 0 radical (unpaired) electrons. The summed E-state index contributed by atoms with van der Waals surface area (Å²) in [6, 6.07) is 0. The predicted octanol–water partition coefficient (Wildman–Crippen LogP) is 7.60. The van der Waals surface area contributed by atoms with Gasteiger partial charge >= 0.3 is 0 Å². The van der Waals surface area contributed by atoms with Crippen LogP contribution in [0.25, 0.3) is 0 Å². The summed E-state index contributed by atoms with van der Waals surface area (Å²) in [5.41, 5.74) is 2.69. The van der Waals surface area contributed by atoms with Crippen molar-refractivity contribution >= 4 is 5.78 Å². The van der Waals surface area contributed by atoms with Gasteiger partial charge in [-0.25, -0.2) is 0 Å². The SMILES string of the molecule is C[C@H]1C[C@]2(C)C(=CC[C@@H]3[C@@]4(C)CCC(=O)C(C)(C)[C@@H]4CC[C@]32C)[C@H]2CC(C)(C)CC[C@@]21CO. The van der Waals surface area contributed by atoms with Crippen LogP contribution in [0.15, 0.2) is 11.6 Å². The summed E-state index contributed by atoms with van der Waals surface area (Å²) < 4.78 is 0. The third-order valence-corrected chi connectivity index (χ3v) is 13.3. The van der Waals surface area contributed by atoms with Crippen molar-refractivity contribution in [3.63, 3.8) is 0 Å². The number of hydrogen-bond donors (Lipinski definition) is 1. The molecule has 0 aromatic rings. The molecule has 0 amide bonds. The van der Waals surface area contributed by atoms with E-state index in [2.05, 4.69) is 61.5 Å². The van der Waals surface area contributed by atoms with E-state index in [1.54, 1.807) is 5.57 Å². The molecule has 8 atom stereocenters. The summed E-state index contributed by atoms with van der Waals surface area (Å²) in [6.45, 7) is 20.0. The average molecular weight is 455 g/mol. The van der Waals surface area contributed by atoms with E-state index in [9.17, 15) is 9.90 Å². The average Bonchev–Trinajstić information content (AvgIpc) is 2.71. The highest BCUT2D eigenvalue weighted by atomic mass is 16.3. The molecule has 4 saturated carbocycles. The van der Waals surface area contributed by atoms with E-state index in [0.717, 1.165) is 12.8 Å². The molecule has 0 aliphatic heterocycles. The Labute approximate surface area is 203 Å². The summed E-state index contributed by atoms with van der Waals surface area (Å²) in [6.07, 6.45) is 13.0. The molecule has 0 saturated heterocycles. The van der Waals surface area contributed by atoms with Crippen LogP contribution in [0.2, 0.25) is 0 Å². The van der Waals surface area contributed by atoms with Crippen LogP contribution in [0, 0.1) is 56.2 Å². The largest absolute Gasteiger partial charge is 0.396 e. The van der Waals surface area contributed by atoms with E-state index < -0.39 is 0 Å². The number of fused-ring (bicyclic) bond motifs is 7. The molecule has 0 unspecified atom stereocenters. The molecule has 0 spiro atoms. The van der Waals surface area contributed by atoms with Crippen LogP contribution in [0.4, 0.5) is 0 Å². The molecule has 2 nitrogen and oxygen atoms in total. The van der Waals surface area contributed by atoms with Crippen LogP contribution in [0.1, 0.15) is 113 Å². The lowest BCUT2D eigenvalue weighted by atomic mass is 9.32. The molecule has 5 aliphatic carbocycles. The highest BCUT2D eigenvalue weighted by Gasteiger charge is 2.69. The minimum Gasteiger partial charge on any atom is -0.396 e. The fourth-order valence-corrected chi connectivity index (χ4v) is 11.0. The number of ketones is 1. The number of carbonyl (C=O) groups is 1. The first kappa shape index (κ1) is 24.1. The first-order valence-corrected chi connectivity index (χ1v) is 14.0. The van der Waals surface area contributed by atoms with Crippen molar-refractivity contribution < 1.29 is 9.90 Å². The fraction of sp³-hybridized carbons (Fsp3) is 0.903. The number of aliphatic hydroxyl groups excluding tert-OH is 1. The van der Waals surface area contributed by atoms with Gasteiger partial charge < -0.3 is 5.11 Å². The quantitative estimate of drug-likeness (QED) is 0.414. The minimum absolute atomic E-state index is 0.0738. The Bertz CT molecular complexity index is 881. The Morgan fingerprint density at radius 3 is 2.30 bits per heavy atom. The maximum absolute atomic E-state index is 12.9. The van der Waals surface area contributed by atoms with Crippen LogP contribution >= 0.6 is 0 Å². The molecule has 0 heterocycles. The lowest BCUT2D eigenvalue weighted by Gasteiger charge is -2.71. The number of carbonyl (C=O) groups excluding carboxylic acids is 1. The van der Waals surface area contributed by atoms with Crippen LogP contribution in [-0.2, 0) is 4.79 Å². The van der Waals surface area contributed by atoms with Crippen molar-refractivity contribution in [1.29, 1.82) is 0 Å². The molecular weight excluding hydrogens is 404 g/mol. The minimum atomic E-state index is -0.182. The van der Waals surface area contributed by atoms with Crippen LogP contribution in [0.5, 0.6) is 0 Å². The van der Waals surface area contributed by atoms with Gasteiger partial charge in [0, 0.05) is 23.9 Å². The number of aliphatic hydroxyl groups is 1. The smallest absolute Gasteiger partial charge is 0.138 e. The van der Waals surface area contributed by atoms with Gasteiger partial charge in [-0.05, 0) is 96.7 Å². The van der Waals surface area contributed by atoms with Crippen molar-refractivity contribution in [2.75, 3.05) is 6.61 Å². The van der Waals surface area contributed by atoms with Gasteiger partial charge in [0.1, 0.15) is 5.78 Å². The zero-order valence-corrected chi connectivity index (χ0v) is 22.8. The van der Waals surface area contributed by atoms with Gasteiger partial charge in [-0.15, -0.1) is 0 Å². The molecule has 4 fully saturated rings. The topological polar surface area (TPSA) is 37.3 Å². The van der Waals surface area contributed by atoms with Crippen LogP contribution in [0.3, 0.4) is 0 Å². The third kappa shape index (κ3) is 2.85. The predicted molar refractivity (Wildman–Crippen MR) is 136 cm³/mol. The second-order valence-electron chi connectivity index (χ2n) is 15.4. The van der Waals surface area contributed by atoms with Crippen LogP contribution < -0.4 is 0 Å². The van der Waals surface area contributed by atoms with E-state index in [1.165, 1.54) is 44.9 Å². The second kappa shape index (κ2) is 6.98. The highest BCUT2D eigenvalue weighted by molar-refractivity contribution is 5.85. The summed E-state index contributed by atoms with van der Waals surface area (Å²) in [5, 5.41) is 10.8. The summed E-state index contributed by atoms with van der Waals surface area (Å²) in [7, 11) is 0. The molecule has 5 rings (SSSR count). The molecule has 5 aliphatic rings. The van der Waals surface area contributed by atoms with E-state index in [-0.39, 0.29) is 27.1 Å². The number of hydrogen-bond acceptors (Lipinski definition) is 2. The standard InChI is InChI=1S/C31H50O2/c1-20-17-30(8)21(22-18-26(2,3)15-16-31(20,22)19-32)9-10-24-28(6)13-12-25(33)27(4,5)23(28)11-14-29(24,30)7/h9,20,22-24,32H,10-19H2,1-8H3/t20-,22+,23-,24+,28-,29+,30+,31-/m0/s1. The molecule has 2 heteroatoms. The summed E-state index contributed by atoms with van der Waals surface area (Å²) in [4.78, 5) is 12.9. The second-order valence-corrected chi connectivity index (χ2v) is 15.4. The Hall–Kier alpha value is -0.630. The first-order chi connectivity index (χ1) is 15.2. The summed E-state index contributed by atoms with van der Waals surface area (Å²) in [5.74, 6) is 2.73. The van der Waals surface area contributed by atoms with Gasteiger partial charge in [0.2, 0.25) is 0 Å². The zero-order valence-electron chi connectivity index (χ0n) is 22.8. The Kier molecular flexibility index (Phi) is 5.10. The highest BCUT2D eigenvalue weighted by Crippen LogP contribution is 2.76. The molecule has 1 N–H and O–H groups in total. The lowest BCUT2D eigenvalue weighted by molar-refractivity contribution is -0.193. The number of allylic oxidation sites excluding steroid dienone is 2. The molecule has 0 aromatic heterocycles. The fourth-order valence-electron chi connectivity index (χ4n) is 11.0. The number of rotatable bonds is 1. The van der Waals surface area contributed by atoms with Gasteiger partial charge in [-0.1, -0.05) is 67.0 Å². The van der Waals surface area contributed by atoms with Crippen molar-refractivity contribution in [1.82, 2.24) is 0 Å². The Morgan fingerprint density at radius 2 is 1.64 bits per heavy atom. The number of Topliss-reactive ketones (excluding diaryl/α,β-unsaturated/α-hetero) is 1. The van der Waals surface area contributed by atoms with Crippen molar-refractivity contribution in [2.24, 2.45) is 56.2 Å². The maximum Gasteiger partial charge on any atom is 0.138 e. The van der Waals surface area contributed by atoms with E-state index >= 15 is 0 Å². The third-order valence-electron chi connectivity index (χ3n) is 13.3. The van der Waals surface area contributed by atoms with E-state index in [1.807, 2.05) is 0 Å². The Morgan fingerprint density at radius 1 is 0.939 bits per heavy atom. The van der Waals surface area contributed by atoms with Crippen LogP contribution in [-0.4, -0.2) is 17.5 Å². The maximum atomic E-state index is 12.9. The molecule has 33 heavy (non-hydrogen) atoms. The molecule has 0 bridgehead atoms. The monoisotopic (exact) mass is 454 g/mol. The van der Waals surface area contributed by atoms with Crippen molar-refractivity contribution in [2.45, 2.75) is 113 Å². The molecular formula is C31H50O2. The van der Waals surface area contributed by atoms with E-state index in [0.29, 0.717) is 41.5 Å². The first-order valence-electron chi connectivity index (χ1n) is 14.0. The lowest BCUT2D eigenvalue weighted by Crippen LogP contribution is -2.65. The Balaban J connectivity index is 1.62. The molecule has 0 aromatic carbocycles. The van der Waals surface area contributed by atoms with Gasteiger partial charge in [-0.2, -0.15) is 0 Å². The van der Waals surface area contributed by atoms with Gasteiger partial charge in [0.25, 0.3) is 0 Å². The van der Waals surface area contributed by atoms with E-state index in [4.69, 9.17) is 0 Å². The summed E-state index contributed by atoms with van der Waals surface area (Å²) >= 11 is 0. The van der Waals surface area contributed by atoms with Crippen molar-refractivity contribution in [3.8, 4) is 0 Å². The van der Waals surface area contributed by atoms with Gasteiger partial charge in [0.05, 0.1) is 0 Å². The van der Waals surface area contributed by atoms with Gasteiger partial charge in [-0.3, -0.25) is 4.79 Å². The normalized spacial score (nSPS) is 52.6. The van der Waals surface area contributed by atoms with Gasteiger partial charge in [0.15, 0.2) is 0 Å². The zero-order chi connectivity index (χ0) is 24.2.